The monoisotopic (exact) mass is 198 g/mol. The van der Waals surface area contributed by atoms with Crippen molar-refractivity contribution in [1.82, 2.24) is 10.3 Å². The number of hydrogen-bond donors (Lipinski definition) is 1. The van der Waals surface area contributed by atoms with Crippen LogP contribution in [0.1, 0.15) is 37.0 Å². The molecule has 0 aliphatic carbocycles. The van der Waals surface area contributed by atoms with Gasteiger partial charge in [-0.25, -0.2) is 4.98 Å². The van der Waals surface area contributed by atoms with Crippen molar-refractivity contribution in [3.05, 3.63) is 16.1 Å². The van der Waals surface area contributed by atoms with Crippen LogP contribution in [0, 0.1) is 12.8 Å². The van der Waals surface area contributed by atoms with Crippen molar-refractivity contribution >= 4 is 11.3 Å². The van der Waals surface area contributed by atoms with Crippen molar-refractivity contribution in [2.45, 2.75) is 33.2 Å². The van der Waals surface area contributed by atoms with Gasteiger partial charge in [-0.1, -0.05) is 20.3 Å². The van der Waals surface area contributed by atoms with Gasteiger partial charge in [0.25, 0.3) is 0 Å². The fraction of sp³-hybridized carbons (Fsp3) is 0.700. The van der Waals surface area contributed by atoms with Gasteiger partial charge in [0.1, 0.15) is 0 Å². The van der Waals surface area contributed by atoms with E-state index in [1.165, 1.54) is 12.1 Å². The molecule has 0 radical (unpaired) electrons. The summed E-state index contributed by atoms with van der Waals surface area (Å²) in [5.74, 6) is 0.645. The van der Waals surface area contributed by atoms with E-state index in [1.54, 1.807) is 11.3 Å². The topological polar surface area (TPSA) is 24.9 Å². The molecule has 0 bridgehead atoms. The molecule has 2 nitrogen and oxygen atoms in total. The molecular formula is C10H18N2S. The molecule has 13 heavy (non-hydrogen) atoms. The largest absolute Gasteiger partial charge is 0.311 e. The summed E-state index contributed by atoms with van der Waals surface area (Å²) in [7, 11) is 2.01. The number of thiazole rings is 1. The molecule has 0 aliphatic heterocycles. The summed E-state index contributed by atoms with van der Waals surface area (Å²) < 4.78 is 0. The second kappa shape index (κ2) is 4.72. The Morgan fingerprint density at radius 1 is 1.62 bits per heavy atom. The van der Waals surface area contributed by atoms with Crippen LogP contribution in [0.2, 0.25) is 0 Å². The lowest BCUT2D eigenvalue weighted by Gasteiger charge is -2.20. The molecule has 2 unspecified atom stereocenters. The summed E-state index contributed by atoms with van der Waals surface area (Å²) in [4.78, 5) is 4.51. The van der Waals surface area contributed by atoms with E-state index < -0.39 is 0 Å². The van der Waals surface area contributed by atoms with Crippen LogP contribution >= 0.6 is 11.3 Å². The van der Waals surface area contributed by atoms with Crippen LogP contribution in [0.25, 0.3) is 0 Å². The van der Waals surface area contributed by atoms with E-state index in [1.807, 2.05) is 7.05 Å². The Kier molecular flexibility index (Phi) is 3.88. The Hall–Kier alpha value is -0.410. The van der Waals surface area contributed by atoms with E-state index in [9.17, 15) is 0 Å². The smallest absolute Gasteiger partial charge is 0.0898 e. The summed E-state index contributed by atoms with van der Waals surface area (Å²) in [6, 6.07) is 0.412. The SMILES string of the molecule is CCC(C)C(NC)c1csc(C)n1. The van der Waals surface area contributed by atoms with Crippen LogP contribution in [-0.4, -0.2) is 12.0 Å². The van der Waals surface area contributed by atoms with Gasteiger partial charge in [-0.3, -0.25) is 0 Å². The molecule has 0 fully saturated rings. The molecule has 1 aromatic rings. The highest BCUT2D eigenvalue weighted by Crippen LogP contribution is 2.24. The molecule has 0 aliphatic rings. The van der Waals surface area contributed by atoms with Crippen LogP contribution in [-0.2, 0) is 0 Å². The summed E-state index contributed by atoms with van der Waals surface area (Å²) in [5.41, 5.74) is 1.19. The fourth-order valence-electron chi connectivity index (χ4n) is 1.48. The number of aromatic nitrogens is 1. The molecule has 0 saturated carbocycles. The zero-order chi connectivity index (χ0) is 9.84. The third-order valence-corrected chi connectivity index (χ3v) is 3.27. The molecule has 1 heterocycles. The minimum atomic E-state index is 0.412. The first-order chi connectivity index (χ1) is 6.19. The molecule has 2 atom stereocenters. The first-order valence-corrected chi connectivity index (χ1v) is 5.66. The average Bonchev–Trinajstić information content (AvgIpc) is 2.53. The van der Waals surface area contributed by atoms with E-state index in [4.69, 9.17) is 0 Å². The Bertz CT molecular complexity index is 257. The maximum absolute atomic E-state index is 4.51. The number of hydrogen-bond acceptors (Lipinski definition) is 3. The lowest BCUT2D eigenvalue weighted by molar-refractivity contribution is 0.394. The van der Waals surface area contributed by atoms with Crippen molar-refractivity contribution in [2.75, 3.05) is 7.05 Å². The number of rotatable bonds is 4. The maximum atomic E-state index is 4.51. The Morgan fingerprint density at radius 2 is 2.31 bits per heavy atom. The zero-order valence-corrected chi connectivity index (χ0v) is 9.61. The van der Waals surface area contributed by atoms with Gasteiger partial charge in [-0.2, -0.15) is 0 Å². The van der Waals surface area contributed by atoms with Gasteiger partial charge >= 0.3 is 0 Å². The van der Waals surface area contributed by atoms with Gasteiger partial charge in [0.05, 0.1) is 16.7 Å². The zero-order valence-electron chi connectivity index (χ0n) is 8.79. The third kappa shape index (κ3) is 2.51. The quantitative estimate of drug-likeness (QED) is 0.804. The van der Waals surface area contributed by atoms with Gasteiger partial charge in [0, 0.05) is 5.38 Å². The predicted octanol–water partition coefficient (Wildman–Crippen LogP) is 2.76. The number of nitrogens with one attached hydrogen (secondary N) is 1. The predicted molar refractivity (Wildman–Crippen MR) is 58.1 cm³/mol. The molecule has 1 N–H and O–H groups in total. The Morgan fingerprint density at radius 3 is 2.69 bits per heavy atom. The van der Waals surface area contributed by atoms with E-state index in [0.29, 0.717) is 12.0 Å². The van der Waals surface area contributed by atoms with Crippen molar-refractivity contribution in [3.63, 3.8) is 0 Å². The van der Waals surface area contributed by atoms with Gasteiger partial charge < -0.3 is 5.32 Å². The first kappa shape index (κ1) is 10.7. The van der Waals surface area contributed by atoms with Gasteiger partial charge in [0.2, 0.25) is 0 Å². The summed E-state index contributed by atoms with van der Waals surface area (Å²) in [6.07, 6.45) is 1.18. The summed E-state index contributed by atoms with van der Waals surface area (Å²) in [5, 5.41) is 6.63. The minimum Gasteiger partial charge on any atom is -0.311 e. The maximum Gasteiger partial charge on any atom is 0.0898 e. The molecule has 1 aromatic heterocycles. The van der Waals surface area contributed by atoms with Gasteiger partial charge in [-0.15, -0.1) is 11.3 Å². The van der Waals surface area contributed by atoms with Gasteiger partial charge in [-0.05, 0) is 19.9 Å². The molecule has 1 rings (SSSR count). The summed E-state index contributed by atoms with van der Waals surface area (Å²) in [6.45, 7) is 6.53. The minimum absolute atomic E-state index is 0.412. The van der Waals surface area contributed by atoms with E-state index in [-0.39, 0.29) is 0 Å². The molecule has 74 valence electrons. The molecule has 0 spiro atoms. The first-order valence-electron chi connectivity index (χ1n) is 4.78. The molecule has 0 aromatic carbocycles. The summed E-state index contributed by atoms with van der Waals surface area (Å²) >= 11 is 1.72. The lowest BCUT2D eigenvalue weighted by Crippen LogP contribution is -2.23. The standard InChI is InChI=1S/C10H18N2S/c1-5-7(2)10(11-4)9-6-13-8(3)12-9/h6-7,10-11H,5H2,1-4H3. The second-order valence-electron chi connectivity index (χ2n) is 3.44. The molecule has 0 saturated heterocycles. The highest BCUT2D eigenvalue weighted by Gasteiger charge is 2.17. The van der Waals surface area contributed by atoms with Crippen molar-refractivity contribution < 1.29 is 0 Å². The number of nitrogens with zero attached hydrogens (tertiary/aromatic N) is 1. The van der Waals surface area contributed by atoms with Crippen LogP contribution in [0.3, 0.4) is 0 Å². The van der Waals surface area contributed by atoms with E-state index >= 15 is 0 Å². The van der Waals surface area contributed by atoms with E-state index in [2.05, 4.69) is 36.5 Å². The average molecular weight is 198 g/mol. The molecular weight excluding hydrogens is 180 g/mol. The second-order valence-corrected chi connectivity index (χ2v) is 4.51. The van der Waals surface area contributed by atoms with Crippen molar-refractivity contribution in [2.24, 2.45) is 5.92 Å². The Labute approximate surface area is 84.4 Å². The fourth-order valence-corrected chi connectivity index (χ4v) is 2.13. The van der Waals surface area contributed by atoms with Crippen LogP contribution < -0.4 is 5.32 Å². The van der Waals surface area contributed by atoms with Gasteiger partial charge in [0.15, 0.2) is 0 Å². The van der Waals surface area contributed by atoms with Crippen LogP contribution in [0.4, 0.5) is 0 Å². The molecule has 0 amide bonds. The van der Waals surface area contributed by atoms with E-state index in [0.717, 1.165) is 5.01 Å². The van der Waals surface area contributed by atoms with Crippen molar-refractivity contribution in [3.8, 4) is 0 Å². The Balaban J connectivity index is 2.77. The lowest BCUT2D eigenvalue weighted by atomic mass is 9.97. The van der Waals surface area contributed by atoms with Crippen molar-refractivity contribution in [1.29, 1.82) is 0 Å². The normalized spacial score (nSPS) is 15.7. The number of aryl methyl sites for hydroxylation is 1. The molecule has 3 heteroatoms. The third-order valence-electron chi connectivity index (χ3n) is 2.48. The highest BCUT2D eigenvalue weighted by molar-refractivity contribution is 7.09. The van der Waals surface area contributed by atoms with Crippen LogP contribution in [0.15, 0.2) is 5.38 Å². The van der Waals surface area contributed by atoms with Crippen LogP contribution in [0.5, 0.6) is 0 Å². The highest BCUT2D eigenvalue weighted by atomic mass is 32.1.